The predicted molar refractivity (Wildman–Crippen MR) is 131 cm³/mol. The van der Waals surface area contributed by atoms with Crippen molar-refractivity contribution >= 4 is 66.7 Å². The number of sulfonamides is 1. The molecule has 0 spiro atoms. The number of anilines is 1. The van der Waals surface area contributed by atoms with Gasteiger partial charge in [0.25, 0.3) is 0 Å². The fourth-order valence-electron chi connectivity index (χ4n) is 2.99. The molecule has 2 amide bonds. The van der Waals surface area contributed by atoms with E-state index >= 15 is 0 Å². The highest BCUT2D eigenvalue weighted by Crippen LogP contribution is 2.28. The summed E-state index contributed by atoms with van der Waals surface area (Å²) >= 11 is 15.4. The van der Waals surface area contributed by atoms with Crippen LogP contribution < -0.4 is 9.62 Å². The Morgan fingerprint density at radius 3 is 2.34 bits per heavy atom. The number of likely N-dealkylation sites (N-methyl/N-ethyl adjacent to an activating group) is 1. The maximum atomic E-state index is 13.4. The third-order valence-corrected chi connectivity index (χ3v) is 7.19. The zero-order valence-corrected chi connectivity index (χ0v) is 21.7. The first-order valence-corrected chi connectivity index (χ1v) is 13.1. The Bertz CT molecular complexity index is 1100. The number of rotatable bonds is 9. The van der Waals surface area contributed by atoms with Gasteiger partial charge in [-0.3, -0.25) is 13.9 Å². The standard InChI is InChI=1S/C21H24BrCl2N3O4S/c1-4-25-21(29)14(2)26(12-15-9-10-17(23)18(24)11-15)20(28)13-27(32(3,30)31)19-8-6-5-7-16(19)22/h5-11,14H,4,12-13H2,1-3H3,(H,25,29)/t14-/m1/s1. The second kappa shape index (κ2) is 11.4. The van der Waals surface area contributed by atoms with E-state index in [1.807, 2.05) is 0 Å². The van der Waals surface area contributed by atoms with Crippen LogP contribution in [0.4, 0.5) is 5.69 Å². The molecule has 32 heavy (non-hydrogen) atoms. The molecule has 2 aromatic carbocycles. The van der Waals surface area contributed by atoms with Crippen LogP contribution in [0, 0.1) is 0 Å². The average Bonchev–Trinajstić information content (AvgIpc) is 2.72. The van der Waals surface area contributed by atoms with Gasteiger partial charge in [0, 0.05) is 17.6 Å². The molecule has 0 fully saturated rings. The van der Waals surface area contributed by atoms with Crippen molar-refractivity contribution in [2.45, 2.75) is 26.4 Å². The maximum Gasteiger partial charge on any atom is 0.244 e. The van der Waals surface area contributed by atoms with Crippen molar-refractivity contribution in [3.63, 3.8) is 0 Å². The summed E-state index contributed by atoms with van der Waals surface area (Å²) in [7, 11) is -3.79. The number of para-hydroxylation sites is 1. The van der Waals surface area contributed by atoms with Gasteiger partial charge in [-0.25, -0.2) is 8.42 Å². The predicted octanol–water partition coefficient (Wildman–Crippen LogP) is 4.08. The van der Waals surface area contributed by atoms with E-state index in [-0.39, 0.29) is 12.5 Å². The maximum absolute atomic E-state index is 13.4. The highest BCUT2D eigenvalue weighted by molar-refractivity contribution is 9.10. The molecule has 0 radical (unpaired) electrons. The van der Waals surface area contributed by atoms with E-state index in [0.29, 0.717) is 32.3 Å². The Morgan fingerprint density at radius 1 is 1.12 bits per heavy atom. The van der Waals surface area contributed by atoms with Crippen molar-refractivity contribution in [1.82, 2.24) is 10.2 Å². The van der Waals surface area contributed by atoms with Crippen LogP contribution in [0.15, 0.2) is 46.9 Å². The first-order chi connectivity index (χ1) is 15.0. The molecule has 0 aliphatic carbocycles. The van der Waals surface area contributed by atoms with Gasteiger partial charge in [-0.2, -0.15) is 0 Å². The van der Waals surface area contributed by atoms with Gasteiger partial charge in [0.1, 0.15) is 12.6 Å². The van der Waals surface area contributed by atoms with Crippen molar-refractivity contribution in [3.8, 4) is 0 Å². The minimum Gasteiger partial charge on any atom is -0.355 e. The number of halogens is 3. The SMILES string of the molecule is CCNC(=O)[C@@H](C)N(Cc1ccc(Cl)c(Cl)c1)C(=O)CN(c1ccccc1Br)S(C)(=O)=O. The molecule has 0 aliphatic rings. The summed E-state index contributed by atoms with van der Waals surface area (Å²) in [6.45, 7) is 3.32. The lowest BCUT2D eigenvalue weighted by Gasteiger charge is -2.31. The molecule has 0 saturated carbocycles. The second-order valence-electron chi connectivity index (χ2n) is 7.06. The molecule has 2 aromatic rings. The fourth-order valence-corrected chi connectivity index (χ4v) is 4.79. The van der Waals surface area contributed by atoms with E-state index < -0.39 is 28.5 Å². The molecule has 1 atom stereocenters. The number of amides is 2. The van der Waals surface area contributed by atoms with E-state index in [4.69, 9.17) is 23.2 Å². The lowest BCUT2D eigenvalue weighted by molar-refractivity contribution is -0.139. The number of hydrogen-bond acceptors (Lipinski definition) is 4. The Kier molecular flexibility index (Phi) is 9.39. The van der Waals surface area contributed by atoms with Crippen LogP contribution in [0.5, 0.6) is 0 Å². The van der Waals surface area contributed by atoms with Crippen LogP contribution in [-0.2, 0) is 26.2 Å². The summed E-state index contributed by atoms with van der Waals surface area (Å²) in [6, 6.07) is 10.7. The lowest BCUT2D eigenvalue weighted by atomic mass is 10.1. The Morgan fingerprint density at radius 2 is 1.78 bits per heavy atom. The molecule has 0 aliphatic heterocycles. The van der Waals surface area contributed by atoms with Crippen molar-refractivity contribution in [1.29, 1.82) is 0 Å². The second-order valence-corrected chi connectivity index (χ2v) is 10.6. The van der Waals surface area contributed by atoms with E-state index in [1.165, 1.54) is 4.90 Å². The van der Waals surface area contributed by atoms with Gasteiger partial charge in [-0.1, -0.05) is 41.4 Å². The summed E-state index contributed by atoms with van der Waals surface area (Å²) in [5.74, 6) is -0.899. The third-order valence-electron chi connectivity index (χ3n) is 4.66. The van der Waals surface area contributed by atoms with Gasteiger partial charge >= 0.3 is 0 Å². The minimum absolute atomic E-state index is 0.0432. The van der Waals surface area contributed by atoms with E-state index in [0.717, 1.165) is 10.6 Å². The van der Waals surface area contributed by atoms with Gasteiger partial charge in [-0.15, -0.1) is 0 Å². The van der Waals surface area contributed by atoms with E-state index in [1.54, 1.807) is 56.3 Å². The van der Waals surface area contributed by atoms with Crippen LogP contribution in [0.25, 0.3) is 0 Å². The molecular formula is C21H24BrCl2N3O4S. The quantitative estimate of drug-likeness (QED) is 0.497. The number of carbonyl (C=O) groups excluding carboxylic acids is 2. The highest BCUT2D eigenvalue weighted by atomic mass is 79.9. The average molecular weight is 565 g/mol. The largest absolute Gasteiger partial charge is 0.355 e. The lowest BCUT2D eigenvalue weighted by Crippen LogP contribution is -2.51. The van der Waals surface area contributed by atoms with Crippen LogP contribution in [0.3, 0.4) is 0 Å². The third kappa shape index (κ3) is 6.84. The molecule has 7 nitrogen and oxygen atoms in total. The molecule has 0 bridgehead atoms. The first-order valence-electron chi connectivity index (χ1n) is 9.69. The molecule has 0 aromatic heterocycles. The van der Waals surface area contributed by atoms with Gasteiger partial charge in [0.15, 0.2) is 0 Å². The molecule has 2 rings (SSSR count). The Balaban J connectivity index is 2.41. The fraction of sp³-hybridized carbons (Fsp3) is 0.333. The van der Waals surface area contributed by atoms with Gasteiger partial charge in [0.2, 0.25) is 21.8 Å². The first kappa shape index (κ1) is 26.4. The van der Waals surface area contributed by atoms with Crippen molar-refractivity contribution in [3.05, 3.63) is 62.5 Å². The van der Waals surface area contributed by atoms with E-state index in [2.05, 4.69) is 21.2 Å². The molecule has 174 valence electrons. The van der Waals surface area contributed by atoms with E-state index in [9.17, 15) is 18.0 Å². The zero-order chi connectivity index (χ0) is 24.1. The monoisotopic (exact) mass is 563 g/mol. The summed E-state index contributed by atoms with van der Waals surface area (Å²) < 4.78 is 26.5. The van der Waals surface area contributed by atoms with Crippen LogP contribution in [-0.4, -0.2) is 50.5 Å². The van der Waals surface area contributed by atoms with Crippen LogP contribution in [0.2, 0.25) is 10.0 Å². The van der Waals surface area contributed by atoms with Crippen molar-refractivity contribution in [2.75, 3.05) is 23.7 Å². The number of benzene rings is 2. The minimum atomic E-state index is -3.79. The topological polar surface area (TPSA) is 86.8 Å². The van der Waals surface area contributed by atoms with Gasteiger partial charge in [0.05, 0.1) is 22.0 Å². The number of hydrogen-bond donors (Lipinski definition) is 1. The number of nitrogens with one attached hydrogen (secondary N) is 1. The molecule has 0 saturated heterocycles. The molecule has 1 N–H and O–H groups in total. The smallest absolute Gasteiger partial charge is 0.244 e. The number of nitrogens with zero attached hydrogens (tertiary/aromatic N) is 2. The molecular weight excluding hydrogens is 541 g/mol. The Labute approximate surface area is 206 Å². The number of carbonyl (C=O) groups is 2. The zero-order valence-electron chi connectivity index (χ0n) is 17.8. The highest BCUT2D eigenvalue weighted by Gasteiger charge is 2.30. The Hall–Kier alpha value is -1.81. The normalized spacial score (nSPS) is 12.2. The molecule has 11 heteroatoms. The summed E-state index contributed by atoms with van der Waals surface area (Å²) in [5.41, 5.74) is 0.971. The summed E-state index contributed by atoms with van der Waals surface area (Å²) in [6.07, 6.45) is 1.02. The summed E-state index contributed by atoms with van der Waals surface area (Å²) in [4.78, 5) is 27.2. The molecule has 0 heterocycles. The van der Waals surface area contributed by atoms with Gasteiger partial charge in [-0.05, 0) is 59.6 Å². The molecule has 0 unspecified atom stereocenters. The van der Waals surface area contributed by atoms with Gasteiger partial charge < -0.3 is 10.2 Å². The summed E-state index contributed by atoms with van der Waals surface area (Å²) in [5, 5.41) is 3.37. The van der Waals surface area contributed by atoms with Crippen molar-refractivity contribution < 1.29 is 18.0 Å². The van der Waals surface area contributed by atoms with Crippen molar-refractivity contribution in [2.24, 2.45) is 0 Å². The van der Waals surface area contributed by atoms with Crippen LogP contribution >= 0.6 is 39.1 Å². The van der Waals surface area contributed by atoms with Crippen LogP contribution in [0.1, 0.15) is 19.4 Å².